The van der Waals surface area contributed by atoms with Gasteiger partial charge in [0.05, 0.1) is 23.8 Å². The highest BCUT2D eigenvalue weighted by atomic mass is 79.9. The summed E-state index contributed by atoms with van der Waals surface area (Å²) >= 11 is 3.54. The van der Waals surface area contributed by atoms with Crippen molar-refractivity contribution in [2.75, 3.05) is 0 Å². The maximum Gasteiger partial charge on any atom is 0.255 e. The molecule has 6 nitrogen and oxygen atoms in total. The van der Waals surface area contributed by atoms with E-state index in [-0.39, 0.29) is 17.5 Å². The van der Waals surface area contributed by atoms with Crippen LogP contribution >= 0.6 is 15.9 Å². The predicted octanol–water partition coefficient (Wildman–Crippen LogP) is 6.01. The maximum absolute atomic E-state index is 14.2. The lowest BCUT2D eigenvalue weighted by molar-refractivity contribution is 0.0665. The monoisotopic (exact) mass is 532 g/mol. The second-order valence-corrected chi connectivity index (χ2v) is 10.0. The number of nitrogens with one attached hydrogen (secondary N) is 2. The first-order valence-corrected chi connectivity index (χ1v) is 13.2. The molecule has 0 aliphatic heterocycles. The Bertz CT molecular complexity index is 1450. The van der Waals surface area contributed by atoms with E-state index in [1.807, 2.05) is 36.9 Å². The second-order valence-electron chi connectivity index (χ2n) is 9.46. The molecule has 35 heavy (non-hydrogen) atoms. The predicted molar refractivity (Wildman–Crippen MR) is 143 cm³/mol. The Balaban J connectivity index is 1.61. The van der Waals surface area contributed by atoms with Gasteiger partial charge in [-0.3, -0.25) is 14.7 Å². The molecule has 180 valence electrons. The molecule has 2 aromatic heterocycles. The fourth-order valence-corrected chi connectivity index (χ4v) is 5.45. The molecule has 0 spiro atoms. The Morgan fingerprint density at radius 1 is 1.14 bits per heavy atom. The second kappa shape index (κ2) is 9.82. The van der Waals surface area contributed by atoms with E-state index in [1.54, 1.807) is 12.4 Å². The lowest BCUT2D eigenvalue weighted by Crippen LogP contribution is -2.40. The summed E-state index contributed by atoms with van der Waals surface area (Å²) in [6.07, 6.45) is 7.56. The molecule has 0 bridgehead atoms. The van der Waals surface area contributed by atoms with Gasteiger partial charge in [-0.15, -0.1) is 0 Å². The standard InChI is InChI=1S/C28H29BrN4O2/c1-17-14-30-27(34)25(18(17)2)16-33(22-8-3-4-9-22)28(35)23-11-21(12-26-24(23)15-31-32-26)20-7-5-6-19(10-20)13-29/h5-7,10-12,14-15,22H,3-4,8-9,13,16H2,1-2H3,(H,30,34)(H,31,32). The van der Waals surface area contributed by atoms with Crippen molar-refractivity contribution in [3.8, 4) is 11.1 Å². The van der Waals surface area contributed by atoms with E-state index in [0.717, 1.165) is 64.2 Å². The number of aromatic amines is 2. The van der Waals surface area contributed by atoms with Crippen LogP contribution in [0.2, 0.25) is 0 Å². The van der Waals surface area contributed by atoms with Gasteiger partial charge in [0, 0.05) is 28.5 Å². The Morgan fingerprint density at radius 3 is 2.71 bits per heavy atom. The van der Waals surface area contributed by atoms with Crippen molar-refractivity contribution in [3.05, 3.63) is 87.0 Å². The number of aryl methyl sites for hydroxylation is 1. The number of alkyl halides is 1. The minimum atomic E-state index is -0.127. The normalized spacial score (nSPS) is 14.0. The van der Waals surface area contributed by atoms with Crippen molar-refractivity contribution in [2.45, 2.75) is 57.4 Å². The van der Waals surface area contributed by atoms with E-state index < -0.39 is 0 Å². The Labute approximate surface area is 212 Å². The third kappa shape index (κ3) is 4.57. The molecular formula is C28H29BrN4O2. The van der Waals surface area contributed by atoms with Gasteiger partial charge in [-0.25, -0.2) is 0 Å². The molecule has 0 radical (unpaired) electrons. The van der Waals surface area contributed by atoms with Crippen molar-refractivity contribution in [1.29, 1.82) is 0 Å². The van der Waals surface area contributed by atoms with Crippen LogP contribution in [-0.4, -0.2) is 32.0 Å². The van der Waals surface area contributed by atoms with E-state index in [0.29, 0.717) is 17.7 Å². The maximum atomic E-state index is 14.2. The zero-order valence-corrected chi connectivity index (χ0v) is 21.6. The van der Waals surface area contributed by atoms with Gasteiger partial charge in [0.25, 0.3) is 11.5 Å². The van der Waals surface area contributed by atoms with E-state index in [1.165, 1.54) is 5.56 Å². The Hall–Kier alpha value is -3.19. The number of halogens is 1. The van der Waals surface area contributed by atoms with Crippen LogP contribution in [0.3, 0.4) is 0 Å². The van der Waals surface area contributed by atoms with Crippen LogP contribution in [0.4, 0.5) is 0 Å². The van der Waals surface area contributed by atoms with Crippen molar-refractivity contribution in [2.24, 2.45) is 0 Å². The van der Waals surface area contributed by atoms with Crippen molar-refractivity contribution < 1.29 is 4.79 Å². The number of pyridine rings is 1. The number of benzene rings is 2. The largest absolute Gasteiger partial charge is 0.331 e. The number of carbonyl (C=O) groups is 1. The number of H-pyrrole nitrogens is 2. The van der Waals surface area contributed by atoms with Gasteiger partial charge >= 0.3 is 0 Å². The third-order valence-electron chi connectivity index (χ3n) is 7.30. The summed E-state index contributed by atoms with van der Waals surface area (Å²) in [5.41, 5.74) is 7.11. The summed E-state index contributed by atoms with van der Waals surface area (Å²) in [7, 11) is 0. The molecule has 5 rings (SSSR count). The number of aromatic nitrogens is 3. The number of carbonyl (C=O) groups excluding carboxylic acids is 1. The zero-order valence-electron chi connectivity index (χ0n) is 20.0. The summed E-state index contributed by atoms with van der Waals surface area (Å²) in [5.74, 6) is -0.0536. The number of amides is 1. The number of rotatable bonds is 6. The first kappa shape index (κ1) is 23.5. The molecule has 1 amide bonds. The van der Waals surface area contributed by atoms with Crippen LogP contribution in [0.15, 0.2) is 53.6 Å². The topological polar surface area (TPSA) is 81.9 Å². The minimum Gasteiger partial charge on any atom is -0.331 e. The van der Waals surface area contributed by atoms with Gasteiger partial charge in [-0.2, -0.15) is 5.10 Å². The molecular weight excluding hydrogens is 504 g/mol. The molecule has 0 unspecified atom stereocenters. The molecule has 0 atom stereocenters. The third-order valence-corrected chi connectivity index (χ3v) is 7.94. The van der Waals surface area contributed by atoms with Gasteiger partial charge in [0.2, 0.25) is 0 Å². The summed E-state index contributed by atoms with van der Waals surface area (Å²) in [6.45, 7) is 4.24. The molecule has 1 aliphatic rings. The van der Waals surface area contributed by atoms with Crippen LogP contribution in [0, 0.1) is 13.8 Å². The summed E-state index contributed by atoms with van der Waals surface area (Å²) in [6, 6.07) is 12.4. The van der Waals surface area contributed by atoms with Crippen molar-refractivity contribution >= 4 is 32.7 Å². The van der Waals surface area contributed by atoms with Crippen LogP contribution in [0.25, 0.3) is 22.0 Å². The fraction of sp³-hybridized carbons (Fsp3) is 0.321. The highest BCUT2D eigenvalue weighted by Crippen LogP contribution is 2.32. The number of nitrogens with zero attached hydrogens (tertiary/aromatic N) is 2. The molecule has 2 N–H and O–H groups in total. The summed E-state index contributed by atoms with van der Waals surface area (Å²) in [5, 5.41) is 8.85. The lowest BCUT2D eigenvalue weighted by Gasteiger charge is -2.30. The molecule has 0 saturated heterocycles. The average Bonchev–Trinajstić information content (AvgIpc) is 3.58. The number of hydrogen-bond acceptors (Lipinski definition) is 3. The molecule has 1 saturated carbocycles. The van der Waals surface area contributed by atoms with Gasteiger partial charge in [-0.05, 0) is 66.6 Å². The van der Waals surface area contributed by atoms with Crippen LogP contribution in [0.5, 0.6) is 0 Å². The van der Waals surface area contributed by atoms with E-state index in [4.69, 9.17) is 0 Å². The molecule has 2 aromatic carbocycles. The van der Waals surface area contributed by atoms with Crippen LogP contribution < -0.4 is 5.56 Å². The first-order valence-electron chi connectivity index (χ1n) is 12.1. The first-order chi connectivity index (χ1) is 17.0. The minimum absolute atomic E-state index is 0.0536. The van der Waals surface area contributed by atoms with Crippen molar-refractivity contribution in [3.63, 3.8) is 0 Å². The van der Waals surface area contributed by atoms with E-state index >= 15 is 0 Å². The van der Waals surface area contributed by atoms with Crippen LogP contribution in [-0.2, 0) is 11.9 Å². The number of fused-ring (bicyclic) bond motifs is 1. The smallest absolute Gasteiger partial charge is 0.255 e. The van der Waals surface area contributed by atoms with E-state index in [2.05, 4.69) is 49.3 Å². The number of hydrogen-bond donors (Lipinski definition) is 2. The quantitative estimate of drug-likeness (QED) is 0.298. The SMILES string of the molecule is Cc1c[nH]c(=O)c(CN(C(=O)c2cc(-c3cccc(CBr)c3)cc3[nH]ncc23)C2CCCC2)c1C. The van der Waals surface area contributed by atoms with Crippen molar-refractivity contribution in [1.82, 2.24) is 20.1 Å². The van der Waals surface area contributed by atoms with Gasteiger partial charge in [0.15, 0.2) is 0 Å². The Morgan fingerprint density at radius 2 is 1.94 bits per heavy atom. The van der Waals surface area contributed by atoms with Crippen LogP contribution in [0.1, 0.15) is 58.3 Å². The highest BCUT2D eigenvalue weighted by molar-refractivity contribution is 9.08. The average molecular weight is 533 g/mol. The zero-order chi connectivity index (χ0) is 24.5. The Kier molecular flexibility index (Phi) is 6.60. The molecule has 4 aromatic rings. The lowest BCUT2D eigenvalue weighted by atomic mass is 9.97. The van der Waals surface area contributed by atoms with Gasteiger partial charge in [-0.1, -0.05) is 53.0 Å². The highest BCUT2D eigenvalue weighted by Gasteiger charge is 2.30. The summed E-state index contributed by atoms with van der Waals surface area (Å²) < 4.78 is 0. The molecule has 1 aliphatic carbocycles. The van der Waals surface area contributed by atoms with E-state index in [9.17, 15) is 9.59 Å². The molecule has 2 heterocycles. The van der Waals surface area contributed by atoms with Gasteiger partial charge < -0.3 is 9.88 Å². The molecule has 1 fully saturated rings. The summed E-state index contributed by atoms with van der Waals surface area (Å²) in [4.78, 5) is 31.7. The van der Waals surface area contributed by atoms with Gasteiger partial charge in [0.1, 0.15) is 0 Å². The molecule has 7 heteroatoms. The fourth-order valence-electron chi connectivity index (χ4n) is 5.10.